The fourth-order valence-electron chi connectivity index (χ4n) is 3.03. The Morgan fingerprint density at radius 1 is 1.17 bits per heavy atom. The number of likely N-dealkylation sites (N-methyl/N-ethyl adjacent to an activating group) is 1. The summed E-state index contributed by atoms with van der Waals surface area (Å²) in [5.74, 6) is 1.40. The molecule has 1 aromatic carbocycles. The molecule has 0 aliphatic rings. The number of nitrogens with zero attached hydrogens (tertiary/aromatic N) is 3. The van der Waals surface area contributed by atoms with Crippen LogP contribution < -0.4 is 10.6 Å². The van der Waals surface area contributed by atoms with Crippen LogP contribution in [0.4, 0.5) is 0 Å². The van der Waals surface area contributed by atoms with Crippen molar-refractivity contribution in [2.75, 3.05) is 27.2 Å². The van der Waals surface area contributed by atoms with Crippen molar-refractivity contribution in [3.63, 3.8) is 0 Å². The minimum Gasteiger partial charge on any atom is -0.459 e. The van der Waals surface area contributed by atoms with Crippen LogP contribution in [0.25, 0.3) is 11.0 Å². The highest BCUT2D eigenvalue weighted by molar-refractivity contribution is 5.86. The number of nitrogens with one attached hydrogen (secondary N) is 2. The van der Waals surface area contributed by atoms with Crippen molar-refractivity contribution in [1.82, 2.24) is 20.5 Å². The Bertz CT molecular complexity index is 981. The molecular weight excluding hydrogens is 366 g/mol. The van der Waals surface area contributed by atoms with Gasteiger partial charge in [0.1, 0.15) is 11.3 Å². The summed E-state index contributed by atoms with van der Waals surface area (Å²) in [6.45, 7) is 3.31. The van der Waals surface area contributed by atoms with Crippen LogP contribution in [0.1, 0.15) is 17.0 Å². The number of carbonyl (C=O) groups excluding carboxylic acids is 1. The first-order valence-electron chi connectivity index (χ1n) is 9.64. The average Bonchev–Trinajstić information content (AvgIpc) is 3.08. The van der Waals surface area contributed by atoms with Crippen molar-refractivity contribution in [3.8, 4) is 0 Å². The highest BCUT2D eigenvalue weighted by atomic mass is 16.3. The van der Waals surface area contributed by atoms with E-state index < -0.39 is 0 Å². The quantitative estimate of drug-likeness (QED) is 0.476. The van der Waals surface area contributed by atoms with E-state index in [2.05, 4.69) is 20.6 Å². The summed E-state index contributed by atoms with van der Waals surface area (Å²) >= 11 is 0. The van der Waals surface area contributed by atoms with Gasteiger partial charge in [-0.25, -0.2) is 0 Å². The lowest BCUT2D eigenvalue weighted by Gasteiger charge is -2.18. The molecular formula is C22H27N5O2. The number of aromatic nitrogens is 1. The van der Waals surface area contributed by atoms with E-state index in [1.807, 2.05) is 49.4 Å². The van der Waals surface area contributed by atoms with Gasteiger partial charge in [0.05, 0.1) is 13.1 Å². The molecule has 2 heterocycles. The van der Waals surface area contributed by atoms with Gasteiger partial charge < -0.3 is 20.0 Å². The molecule has 0 saturated carbocycles. The lowest BCUT2D eigenvalue weighted by Crippen LogP contribution is -2.43. The highest BCUT2D eigenvalue weighted by Crippen LogP contribution is 2.24. The fourth-order valence-corrected chi connectivity index (χ4v) is 3.03. The number of amides is 1. The van der Waals surface area contributed by atoms with Crippen molar-refractivity contribution in [2.45, 2.75) is 19.9 Å². The first-order chi connectivity index (χ1) is 14.1. The summed E-state index contributed by atoms with van der Waals surface area (Å²) in [5.41, 5.74) is 2.95. The minimum absolute atomic E-state index is 0.0104. The molecule has 0 aliphatic heterocycles. The molecule has 29 heavy (non-hydrogen) atoms. The number of furan rings is 1. The monoisotopic (exact) mass is 393 g/mol. The zero-order valence-electron chi connectivity index (χ0n) is 17.1. The summed E-state index contributed by atoms with van der Waals surface area (Å²) in [6, 6.07) is 13.8. The van der Waals surface area contributed by atoms with Crippen LogP contribution in [0, 0.1) is 6.92 Å². The Kier molecular flexibility index (Phi) is 6.84. The van der Waals surface area contributed by atoms with Crippen LogP contribution in [0.3, 0.4) is 0 Å². The second-order valence-corrected chi connectivity index (χ2v) is 6.81. The number of aryl methyl sites for hydroxylation is 1. The maximum absolute atomic E-state index is 12.4. The molecule has 0 radical (unpaired) electrons. The van der Waals surface area contributed by atoms with Gasteiger partial charge in [-0.05, 0) is 25.1 Å². The molecule has 0 unspecified atom stereocenters. The maximum Gasteiger partial charge on any atom is 0.241 e. The molecule has 0 bridgehead atoms. The van der Waals surface area contributed by atoms with E-state index in [9.17, 15) is 4.79 Å². The molecule has 152 valence electrons. The molecule has 0 atom stereocenters. The largest absolute Gasteiger partial charge is 0.459 e. The Morgan fingerprint density at radius 3 is 2.69 bits per heavy atom. The van der Waals surface area contributed by atoms with Gasteiger partial charge in [-0.1, -0.05) is 24.3 Å². The van der Waals surface area contributed by atoms with E-state index in [0.29, 0.717) is 19.0 Å². The number of hydrogen-bond donors (Lipinski definition) is 2. The van der Waals surface area contributed by atoms with Gasteiger partial charge in [0, 0.05) is 49.9 Å². The zero-order valence-corrected chi connectivity index (χ0v) is 17.1. The topological polar surface area (TPSA) is 82.8 Å². The van der Waals surface area contributed by atoms with Crippen molar-refractivity contribution in [1.29, 1.82) is 0 Å². The van der Waals surface area contributed by atoms with Crippen molar-refractivity contribution >= 4 is 22.8 Å². The summed E-state index contributed by atoms with van der Waals surface area (Å²) < 4.78 is 5.91. The molecule has 0 saturated heterocycles. The van der Waals surface area contributed by atoms with Crippen LogP contribution in [-0.4, -0.2) is 48.9 Å². The molecule has 7 heteroatoms. The normalized spacial score (nSPS) is 11.5. The standard InChI is InChI=1S/C22H27N5O2/c1-16-18-9-4-5-10-19(18)29-20(16)14-25-22(23-2)26-15-21(28)27(3)13-11-17-8-6-7-12-24-17/h4-10,12H,11,13-15H2,1-3H3,(H2,23,25,26). The van der Waals surface area contributed by atoms with E-state index in [-0.39, 0.29) is 12.5 Å². The Morgan fingerprint density at radius 2 is 1.97 bits per heavy atom. The van der Waals surface area contributed by atoms with Gasteiger partial charge in [0.2, 0.25) is 5.91 Å². The smallest absolute Gasteiger partial charge is 0.241 e. The Hall–Kier alpha value is -3.35. The summed E-state index contributed by atoms with van der Waals surface area (Å²) in [4.78, 5) is 22.5. The SMILES string of the molecule is CN=C(NCC(=O)N(C)CCc1ccccn1)NCc1oc2ccccc2c1C. The number of aliphatic imine (C=N–C) groups is 1. The number of benzene rings is 1. The minimum atomic E-state index is -0.0104. The number of fused-ring (bicyclic) bond motifs is 1. The second-order valence-electron chi connectivity index (χ2n) is 6.81. The van der Waals surface area contributed by atoms with Gasteiger partial charge in [0.25, 0.3) is 0 Å². The molecule has 2 N–H and O–H groups in total. The number of rotatable bonds is 7. The third kappa shape index (κ3) is 5.34. The third-order valence-corrected chi connectivity index (χ3v) is 4.84. The van der Waals surface area contributed by atoms with E-state index in [1.54, 1.807) is 25.2 Å². The summed E-state index contributed by atoms with van der Waals surface area (Å²) in [6.07, 6.45) is 2.49. The second kappa shape index (κ2) is 9.73. The van der Waals surface area contributed by atoms with Gasteiger partial charge in [-0.15, -0.1) is 0 Å². The molecule has 0 aliphatic carbocycles. The van der Waals surface area contributed by atoms with Crippen LogP contribution >= 0.6 is 0 Å². The molecule has 0 spiro atoms. The first kappa shape index (κ1) is 20.4. The lowest BCUT2D eigenvalue weighted by molar-refractivity contribution is -0.128. The number of hydrogen-bond acceptors (Lipinski definition) is 4. The van der Waals surface area contributed by atoms with E-state index in [4.69, 9.17) is 4.42 Å². The Balaban J connectivity index is 1.47. The number of para-hydroxylation sites is 1. The predicted molar refractivity (Wildman–Crippen MR) is 115 cm³/mol. The zero-order chi connectivity index (χ0) is 20.6. The maximum atomic E-state index is 12.4. The van der Waals surface area contributed by atoms with E-state index in [1.165, 1.54) is 0 Å². The van der Waals surface area contributed by atoms with E-state index >= 15 is 0 Å². The van der Waals surface area contributed by atoms with Crippen molar-refractivity contribution < 1.29 is 9.21 Å². The lowest BCUT2D eigenvalue weighted by atomic mass is 10.1. The van der Waals surface area contributed by atoms with Crippen LogP contribution in [0.15, 0.2) is 58.1 Å². The van der Waals surface area contributed by atoms with Gasteiger partial charge in [-0.2, -0.15) is 0 Å². The molecule has 0 fully saturated rings. The third-order valence-electron chi connectivity index (χ3n) is 4.84. The highest BCUT2D eigenvalue weighted by Gasteiger charge is 2.12. The van der Waals surface area contributed by atoms with Crippen LogP contribution in [-0.2, 0) is 17.8 Å². The molecule has 7 nitrogen and oxygen atoms in total. The predicted octanol–water partition coefficient (Wildman–Crippen LogP) is 2.50. The van der Waals surface area contributed by atoms with Crippen molar-refractivity contribution in [2.24, 2.45) is 4.99 Å². The Labute approximate surface area is 170 Å². The van der Waals surface area contributed by atoms with Gasteiger partial charge >= 0.3 is 0 Å². The van der Waals surface area contributed by atoms with Crippen LogP contribution in [0.5, 0.6) is 0 Å². The van der Waals surface area contributed by atoms with Crippen LogP contribution in [0.2, 0.25) is 0 Å². The van der Waals surface area contributed by atoms with Crippen molar-refractivity contribution in [3.05, 3.63) is 65.7 Å². The summed E-state index contributed by atoms with van der Waals surface area (Å²) in [5, 5.41) is 7.37. The van der Waals surface area contributed by atoms with Gasteiger partial charge in [0.15, 0.2) is 5.96 Å². The first-order valence-corrected chi connectivity index (χ1v) is 9.64. The summed E-state index contributed by atoms with van der Waals surface area (Å²) in [7, 11) is 3.47. The molecule has 3 rings (SSSR count). The molecule has 3 aromatic rings. The number of guanidine groups is 1. The molecule has 1 amide bonds. The average molecular weight is 393 g/mol. The van der Waals surface area contributed by atoms with E-state index in [0.717, 1.165) is 34.4 Å². The molecule has 2 aromatic heterocycles. The fraction of sp³-hybridized carbons (Fsp3) is 0.318. The van der Waals surface area contributed by atoms with Gasteiger partial charge in [-0.3, -0.25) is 14.8 Å². The number of carbonyl (C=O) groups is 1. The number of pyridine rings is 1.